The van der Waals surface area contributed by atoms with Gasteiger partial charge in [-0.25, -0.2) is 0 Å². The standard InChI is InChI=1S/C16H25N3O2/c1-18(16(20)15(17)12-21-2)14-8-9-19(11-14)10-13-6-4-3-5-7-13/h3-7,14-15H,8-12,17H2,1-2H3. The molecule has 1 saturated heterocycles. The van der Waals surface area contributed by atoms with E-state index >= 15 is 0 Å². The maximum absolute atomic E-state index is 12.2. The molecule has 1 aromatic carbocycles. The fraction of sp³-hybridized carbons (Fsp3) is 0.562. The van der Waals surface area contributed by atoms with Crippen molar-refractivity contribution in [3.8, 4) is 0 Å². The highest BCUT2D eigenvalue weighted by Crippen LogP contribution is 2.17. The number of likely N-dealkylation sites (N-methyl/N-ethyl adjacent to an activating group) is 1. The second-order valence-electron chi connectivity index (χ2n) is 5.67. The Morgan fingerprint density at radius 2 is 2.19 bits per heavy atom. The number of methoxy groups -OCH3 is 1. The first-order valence-corrected chi connectivity index (χ1v) is 7.39. The summed E-state index contributed by atoms with van der Waals surface area (Å²) in [7, 11) is 3.40. The SMILES string of the molecule is COCC(N)C(=O)N(C)C1CCN(Cc2ccccc2)C1. The Labute approximate surface area is 126 Å². The lowest BCUT2D eigenvalue weighted by Crippen LogP contribution is -2.49. The third kappa shape index (κ3) is 4.27. The highest BCUT2D eigenvalue weighted by Gasteiger charge is 2.30. The molecule has 1 heterocycles. The smallest absolute Gasteiger partial charge is 0.241 e. The minimum absolute atomic E-state index is 0.0385. The number of benzene rings is 1. The molecule has 0 spiro atoms. The molecule has 2 N–H and O–H groups in total. The van der Waals surface area contributed by atoms with E-state index in [2.05, 4.69) is 29.2 Å². The number of amides is 1. The molecule has 2 atom stereocenters. The average Bonchev–Trinajstić information content (AvgIpc) is 2.95. The summed E-state index contributed by atoms with van der Waals surface area (Å²) in [6.45, 7) is 3.11. The van der Waals surface area contributed by atoms with E-state index in [1.165, 1.54) is 5.56 Å². The van der Waals surface area contributed by atoms with Crippen LogP contribution < -0.4 is 5.73 Å². The molecule has 0 saturated carbocycles. The van der Waals surface area contributed by atoms with Gasteiger partial charge in [-0.05, 0) is 12.0 Å². The van der Waals surface area contributed by atoms with Crippen molar-refractivity contribution in [2.75, 3.05) is 33.9 Å². The molecule has 5 heteroatoms. The summed E-state index contributed by atoms with van der Waals surface area (Å²) in [5, 5.41) is 0. The summed E-state index contributed by atoms with van der Waals surface area (Å²) < 4.78 is 4.95. The van der Waals surface area contributed by atoms with Crippen LogP contribution >= 0.6 is 0 Å². The van der Waals surface area contributed by atoms with Gasteiger partial charge in [0.05, 0.1) is 6.61 Å². The van der Waals surface area contributed by atoms with Gasteiger partial charge >= 0.3 is 0 Å². The van der Waals surface area contributed by atoms with Crippen LogP contribution in [0.15, 0.2) is 30.3 Å². The van der Waals surface area contributed by atoms with E-state index in [1.807, 2.05) is 13.1 Å². The summed E-state index contributed by atoms with van der Waals surface area (Å²) in [5.74, 6) is -0.0385. The molecule has 1 aliphatic rings. The van der Waals surface area contributed by atoms with Gasteiger partial charge in [-0.1, -0.05) is 30.3 Å². The number of ether oxygens (including phenoxy) is 1. The summed E-state index contributed by atoms with van der Waals surface area (Å²) in [6, 6.07) is 10.1. The maximum atomic E-state index is 12.2. The van der Waals surface area contributed by atoms with Crippen molar-refractivity contribution >= 4 is 5.91 Å². The largest absolute Gasteiger partial charge is 0.383 e. The number of carbonyl (C=O) groups excluding carboxylic acids is 1. The Kier molecular flexibility index (Phi) is 5.73. The molecule has 1 fully saturated rings. The maximum Gasteiger partial charge on any atom is 0.241 e. The van der Waals surface area contributed by atoms with Crippen LogP contribution in [0, 0.1) is 0 Å². The molecule has 1 aromatic rings. The Hall–Kier alpha value is -1.43. The lowest BCUT2D eigenvalue weighted by molar-refractivity contribution is -0.134. The summed E-state index contributed by atoms with van der Waals surface area (Å²) in [6.07, 6.45) is 0.995. The molecule has 1 aliphatic heterocycles. The summed E-state index contributed by atoms with van der Waals surface area (Å²) in [5.41, 5.74) is 7.13. The number of hydrogen-bond acceptors (Lipinski definition) is 4. The van der Waals surface area contributed by atoms with Crippen molar-refractivity contribution in [1.82, 2.24) is 9.80 Å². The van der Waals surface area contributed by atoms with E-state index in [-0.39, 0.29) is 18.6 Å². The number of hydrogen-bond donors (Lipinski definition) is 1. The van der Waals surface area contributed by atoms with Crippen LogP contribution in [0.1, 0.15) is 12.0 Å². The number of rotatable bonds is 6. The second-order valence-corrected chi connectivity index (χ2v) is 5.67. The summed E-state index contributed by atoms with van der Waals surface area (Å²) in [4.78, 5) is 16.4. The zero-order valence-electron chi connectivity index (χ0n) is 12.9. The van der Waals surface area contributed by atoms with Gasteiger partial charge in [0.25, 0.3) is 0 Å². The topological polar surface area (TPSA) is 58.8 Å². The molecule has 5 nitrogen and oxygen atoms in total. The van der Waals surface area contributed by atoms with Crippen molar-refractivity contribution in [2.45, 2.75) is 25.0 Å². The Balaban J connectivity index is 1.85. The lowest BCUT2D eigenvalue weighted by atomic mass is 10.2. The minimum Gasteiger partial charge on any atom is -0.383 e. The number of carbonyl (C=O) groups is 1. The van der Waals surface area contributed by atoms with Crippen molar-refractivity contribution in [1.29, 1.82) is 0 Å². The van der Waals surface area contributed by atoms with Crippen molar-refractivity contribution in [2.24, 2.45) is 5.73 Å². The molecular formula is C16H25N3O2. The van der Waals surface area contributed by atoms with E-state index in [9.17, 15) is 4.79 Å². The molecule has 0 bridgehead atoms. The molecule has 116 valence electrons. The van der Waals surface area contributed by atoms with Crippen molar-refractivity contribution in [3.05, 3.63) is 35.9 Å². The van der Waals surface area contributed by atoms with Gasteiger partial charge in [0.15, 0.2) is 0 Å². The van der Waals surface area contributed by atoms with Crippen molar-refractivity contribution in [3.63, 3.8) is 0 Å². The first-order valence-electron chi connectivity index (χ1n) is 7.39. The molecule has 1 amide bonds. The number of nitrogens with zero attached hydrogens (tertiary/aromatic N) is 2. The Morgan fingerprint density at radius 3 is 2.86 bits per heavy atom. The van der Waals surface area contributed by atoms with Gasteiger partial charge in [-0.15, -0.1) is 0 Å². The van der Waals surface area contributed by atoms with E-state index < -0.39 is 6.04 Å². The van der Waals surface area contributed by atoms with Crippen LogP contribution in [-0.4, -0.2) is 61.6 Å². The average molecular weight is 291 g/mol. The number of nitrogens with two attached hydrogens (primary N) is 1. The van der Waals surface area contributed by atoms with Crippen LogP contribution in [0.4, 0.5) is 0 Å². The van der Waals surface area contributed by atoms with Crippen LogP contribution in [-0.2, 0) is 16.1 Å². The molecule has 21 heavy (non-hydrogen) atoms. The zero-order chi connectivity index (χ0) is 15.2. The van der Waals surface area contributed by atoms with Crippen molar-refractivity contribution < 1.29 is 9.53 Å². The third-order valence-electron chi connectivity index (χ3n) is 4.06. The van der Waals surface area contributed by atoms with E-state index in [0.717, 1.165) is 26.1 Å². The number of likely N-dealkylation sites (tertiary alicyclic amines) is 1. The van der Waals surface area contributed by atoms with Gasteiger partial charge in [0.1, 0.15) is 6.04 Å². The van der Waals surface area contributed by atoms with Gasteiger partial charge in [-0.3, -0.25) is 9.69 Å². The normalized spacial score (nSPS) is 20.4. The predicted octanol–water partition coefficient (Wildman–Crippen LogP) is 0.693. The first-order chi connectivity index (χ1) is 10.1. The Bertz CT molecular complexity index is 452. The molecule has 2 unspecified atom stereocenters. The monoisotopic (exact) mass is 291 g/mol. The van der Waals surface area contributed by atoms with E-state index in [0.29, 0.717) is 0 Å². The lowest BCUT2D eigenvalue weighted by Gasteiger charge is -2.27. The van der Waals surface area contributed by atoms with Crippen LogP contribution in [0.5, 0.6) is 0 Å². The molecular weight excluding hydrogens is 266 g/mol. The zero-order valence-corrected chi connectivity index (χ0v) is 12.9. The van der Waals surface area contributed by atoms with Crippen LogP contribution in [0.25, 0.3) is 0 Å². The van der Waals surface area contributed by atoms with Gasteiger partial charge < -0.3 is 15.4 Å². The predicted molar refractivity (Wildman–Crippen MR) is 82.7 cm³/mol. The highest BCUT2D eigenvalue weighted by molar-refractivity contribution is 5.81. The molecule has 0 aliphatic carbocycles. The van der Waals surface area contributed by atoms with Gasteiger partial charge in [-0.2, -0.15) is 0 Å². The van der Waals surface area contributed by atoms with Crippen LogP contribution in [0.2, 0.25) is 0 Å². The highest BCUT2D eigenvalue weighted by atomic mass is 16.5. The van der Waals surface area contributed by atoms with E-state index in [4.69, 9.17) is 10.5 Å². The molecule has 0 aromatic heterocycles. The van der Waals surface area contributed by atoms with Crippen LogP contribution in [0.3, 0.4) is 0 Å². The quantitative estimate of drug-likeness (QED) is 0.838. The second kappa shape index (κ2) is 7.54. The van der Waals surface area contributed by atoms with Gasteiger partial charge in [0.2, 0.25) is 5.91 Å². The third-order valence-corrected chi connectivity index (χ3v) is 4.06. The fourth-order valence-corrected chi connectivity index (χ4v) is 2.81. The molecule has 2 rings (SSSR count). The van der Waals surface area contributed by atoms with E-state index in [1.54, 1.807) is 12.0 Å². The summed E-state index contributed by atoms with van der Waals surface area (Å²) >= 11 is 0. The Morgan fingerprint density at radius 1 is 1.48 bits per heavy atom. The first kappa shape index (κ1) is 15.9. The molecule has 0 radical (unpaired) electrons. The fourth-order valence-electron chi connectivity index (χ4n) is 2.81. The minimum atomic E-state index is -0.567. The van der Waals surface area contributed by atoms with Gasteiger partial charge in [0, 0.05) is 39.8 Å².